The van der Waals surface area contributed by atoms with Gasteiger partial charge in [0.2, 0.25) is 0 Å². The summed E-state index contributed by atoms with van der Waals surface area (Å²) in [5, 5.41) is 4.28. The van der Waals surface area contributed by atoms with E-state index in [0.29, 0.717) is 26.7 Å². The van der Waals surface area contributed by atoms with Crippen molar-refractivity contribution in [2.45, 2.75) is 0 Å². The Kier molecular flexibility index (Phi) is 3.49. The summed E-state index contributed by atoms with van der Waals surface area (Å²) in [6.45, 7) is 0. The highest BCUT2D eigenvalue weighted by atomic mass is 35.5. The van der Waals surface area contributed by atoms with Crippen LogP contribution in [0.5, 0.6) is 0 Å². The van der Waals surface area contributed by atoms with Crippen LogP contribution in [0.4, 0.5) is 11.5 Å². The maximum absolute atomic E-state index is 5.99. The Morgan fingerprint density at radius 2 is 1.69 bits per heavy atom. The van der Waals surface area contributed by atoms with Gasteiger partial charge in [-0.1, -0.05) is 40.9 Å². The van der Waals surface area contributed by atoms with Crippen molar-refractivity contribution in [1.82, 2.24) is 9.97 Å². The SMILES string of the molecule is Clc1cncc(Nc2c(Cl)cccc2Cl)n1. The molecule has 0 atom stereocenters. The van der Waals surface area contributed by atoms with Crippen LogP contribution < -0.4 is 5.32 Å². The zero-order valence-corrected chi connectivity index (χ0v) is 10.2. The molecule has 82 valence electrons. The predicted octanol–water partition coefficient (Wildman–Crippen LogP) is 4.18. The lowest BCUT2D eigenvalue weighted by Crippen LogP contribution is -1.96. The molecule has 0 aliphatic rings. The van der Waals surface area contributed by atoms with Gasteiger partial charge in [-0.2, -0.15) is 0 Å². The Morgan fingerprint density at radius 1 is 1.00 bits per heavy atom. The molecule has 3 nitrogen and oxygen atoms in total. The first-order valence-electron chi connectivity index (χ1n) is 4.35. The lowest BCUT2D eigenvalue weighted by molar-refractivity contribution is 1.20. The smallest absolute Gasteiger partial charge is 0.150 e. The lowest BCUT2D eigenvalue weighted by Gasteiger charge is -2.08. The summed E-state index contributed by atoms with van der Waals surface area (Å²) in [4.78, 5) is 7.92. The number of aromatic nitrogens is 2. The molecule has 0 radical (unpaired) electrons. The highest BCUT2D eigenvalue weighted by Gasteiger charge is 2.06. The van der Waals surface area contributed by atoms with Gasteiger partial charge in [0.25, 0.3) is 0 Å². The van der Waals surface area contributed by atoms with Crippen LogP contribution in [0.3, 0.4) is 0 Å². The summed E-state index contributed by atoms with van der Waals surface area (Å²) >= 11 is 17.7. The van der Waals surface area contributed by atoms with Crippen LogP contribution in [0, 0.1) is 0 Å². The van der Waals surface area contributed by atoms with Crippen molar-refractivity contribution in [3.8, 4) is 0 Å². The number of benzene rings is 1. The normalized spacial score (nSPS) is 10.2. The number of hydrogen-bond donors (Lipinski definition) is 1. The molecule has 1 N–H and O–H groups in total. The standard InChI is InChI=1S/C10H6Cl3N3/c11-6-2-1-3-7(12)10(6)16-9-5-14-4-8(13)15-9/h1-5H,(H,15,16). The van der Waals surface area contributed by atoms with E-state index in [1.54, 1.807) is 18.2 Å². The van der Waals surface area contributed by atoms with Crippen molar-refractivity contribution < 1.29 is 0 Å². The van der Waals surface area contributed by atoms with E-state index in [2.05, 4.69) is 15.3 Å². The third-order valence-electron chi connectivity index (χ3n) is 1.82. The second kappa shape index (κ2) is 4.87. The van der Waals surface area contributed by atoms with Crippen molar-refractivity contribution in [2.24, 2.45) is 0 Å². The minimum Gasteiger partial charge on any atom is -0.336 e. The van der Waals surface area contributed by atoms with Gasteiger partial charge in [0.15, 0.2) is 5.82 Å². The van der Waals surface area contributed by atoms with E-state index in [4.69, 9.17) is 34.8 Å². The van der Waals surface area contributed by atoms with Gasteiger partial charge in [0, 0.05) is 0 Å². The molecule has 2 aromatic rings. The Labute approximate surface area is 107 Å². The molecule has 1 aromatic heterocycles. The summed E-state index contributed by atoms with van der Waals surface area (Å²) < 4.78 is 0. The molecule has 0 saturated carbocycles. The molecule has 0 spiro atoms. The average Bonchev–Trinajstić information content (AvgIpc) is 2.24. The van der Waals surface area contributed by atoms with Crippen molar-refractivity contribution in [3.05, 3.63) is 45.8 Å². The summed E-state index contributed by atoms with van der Waals surface area (Å²) in [6, 6.07) is 5.22. The van der Waals surface area contributed by atoms with Gasteiger partial charge in [-0.15, -0.1) is 0 Å². The molecule has 0 unspecified atom stereocenters. The molecule has 6 heteroatoms. The van der Waals surface area contributed by atoms with E-state index in [1.807, 2.05) is 0 Å². The fourth-order valence-electron chi connectivity index (χ4n) is 1.15. The molecule has 0 fully saturated rings. The Morgan fingerprint density at radius 3 is 2.31 bits per heavy atom. The number of rotatable bonds is 2. The van der Waals surface area contributed by atoms with Gasteiger partial charge in [-0.05, 0) is 12.1 Å². The van der Waals surface area contributed by atoms with E-state index >= 15 is 0 Å². The van der Waals surface area contributed by atoms with E-state index in [1.165, 1.54) is 12.4 Å². The van der Waals surface area contributed by atoms with E-state index in [0.717, 1.165) is 0 Å². The molecule has 0 amide bonds. The van der Waals surface area contributed by atoms with Gasteiger partial charge in [0.05, 0.1) is 28.1 Å². The average molecular weight is 275 g/mol. The number of anilines is 2. The Hall–Kier alpha value is -1.03. The number of para-hydroxylation sites is 1. The van der Waals surface area contributed by atoms with Crippen LogP contribution in [-0.2, 0) is 0 Å². The molecule has 16 heavy (non-hydrogen) atoms. The molecule has 0 aliphatic carbocycles. The quantitative estimate of drug-likeness (QED) is 0.892. The summed E-state index contributed by atoms with van der Waals surface area (Å²) in [5.74, 6) is 0.488. The highest BCUT2D eigenvalue weighted by Crippen LogP contribution is 2.31. The minimum absolute atomic E-state index is 0.299. The Bertz CT molecular complexity index is 496. The third-order valence-corrected chi connectivity index (χ3v) is 2.63. The van der Waals surface area contributed by atoms with Crippen molar-refractivity contribution >= 4 is 46.3 Å². The summed E-state index contributed by atoms with van der Waals surface area (Å²) in [6.07, 6.45) is 2.98. The number of hydrogen-bond acceptors (Lipinski definition) is 3. The first-order valence-corrected chi connectivity index (χ1v) is 5.49. The lowest BCUT2D eigenvalue weighted by atomic mass is 10.3. The third kappa shape index (κ3) is 2.55. The van der Waals surface area contributed by atoms with Gasteiger partial charge in [0.1, 0.15) is 5.15 Å². The first kappa shape index (κ1) is 11.5. The zero-order chi connectivity index (χ0) is 11.5. The van der Waals surface area contributed by atoms with Crippen molar-refractivity contribution in [1.29, 1.82) is 0 Å². The van der Waals surface area contributed by atoms with Crippen LogP contribution in [-0.4, -0.2) is 9.97 Å². The van der Waals surface area contributed by atoms with Crippen molar-refractivity contribution in [3.63, 3.8) is 0 Å². The van der Waals surface area contributed by atoms with Gasteiger partial charge in [-0.25, -0.2) is 4.98 Å². The number of nitrogens with zero attached hydrogens (tertiary/aromatic N) is 2. The van der Waals surface area contributed by atoms with Crippen LogP contribution >= 0.6 is 34.8 Å². The highest BCUT2D eigenvalue weighted by molar-refractivity contribution is 6.39. The molecule has 0 bridgehead atoms. The van der Waals surface area contributed by atoms with Gasteiger partial charge in [-0.3, -0.25) is 4.98 Å². The second-order valence-electron chi connectivity index (χ2n) is 2.95. The maximum Gasteiger partial charge on any atom is 0.150 e. The van der Waals surface area contributed by atoms with E-state index in [9.17, 15) is 0 Å². The Balaban J connectivity index is 2.34. The first-order chi connectivity index (χ1) is 7.66. The van der Waals surface area contributed by atoms with E-state index in [-0.39, 0.29) is 0 Å². The number of halogens is 3. The maximum atomic E-state index is 5.99. The number of nitrogens with one attached hydrogen (secondary N) is 1. The molecular formula is C10H6Cl3N3. The molecule has 0 aliphatic heterocycles. The van der Waals surface area contributed by atoms with Crippen LogP contribution in [0.25, 0.3) is 0 Å². The molecule has 0 saturated heterocycles. The minimum atomic E-state index is 0.299. The van der Waals surface area contributed by atoms with Crippen molar-refractivity contribution in [2.75, 3.05) is 5.32 Å². The van der Waals surface area contributed by atoms with E-state index < -0.39 is 0 Å². The molecule has 2 rings (SSSR count). The largest absolute Gasteiger partial charge is 0.336 e. The molecule has 1 heterocycles. The second-order valence-corrected chi connectivity index (χ2v) is 4.15. The van der Waals surface area contributed by atoms with Gasteiger partial charge < -0.3 is 5.32 Å². The van der Waals surface area contributed by atoms with Gasteiger partial charge >= 0.3 is 0 Å². The fraction of sp³-hybridized carbons (Fsp3) is 0. The topological polar surface area (TPSA) is 37.8 Å². The molecular weight excluding hydrogens is 268 g/mol. The van der Waals surface area contributed by atoms with Crippen LogP contribution in [0.1, 0.15) is 0 Å². The summed E-state index contributed by atoms with van der Waals surface area (Å²) in [7, 11) is 0. The molecule has 1 aromatic carbocycles. The predicted molar refractivity (Wildman–Crippen MR) is 66.8 cm³/mol. The monoisotopic (exact) mass is 273 g/mol. The zero-order valence-electron chi connectivity index (χ0n) is 7.92. The van der Waals surface area contributed by atoms with Crippen LogP contribution in [0.15, 0.2) is 30.6 Å². The summed E-state index contributed by atoms with van der Waals surface area (Å²) in [5.41, 5.74) is 0.586. The fourth-order valence-corrected chi connectivity index (χ4v) is 1.79. The van der Waals surface area contributed by atoms with Crippen LogP contribution in [0.2, 0.25) is 15.2 Å².